The number of hydrogen-bond donors (Lipinski definition) is 0. The number of benzene rings is 1. The lowest BCUT2D eigenvalue weighted by Crippen LogP contribution is -2.25. The molecular weight excluding hydrogens is 188 g/mol. The Balaban J connectivity index is 2.23. The van der Waals surface area contributed by atoms with E-state index in [0.29, 0.717) is 11.7 Å². The van der Waals surface area contributed by atoms with Gasteiger partial charge in [0.15, 0.2) is 5.78 Å². The summed E-state index contributed by atoms with van der Waals surface area (Å²) in [6.07, 6.45) is 3.80. The highest BCUT2D eigenvalue weighted by atomic mass is 16.5. The Labute approximate surface area is 90.3 Å². The molecule has 0 heterocycles. The molecular formula is C13H16O2. The van der Waals surface area contributed by atoms with Gasteiger partial charge in [-0.2, -0.15) is 0 Å². The summed E-state index contributed by atoms with van der Waals surface area (Å²) in [5, 5.41) is 0. The molecule has 1 aliphatic rings. The van der Waals surface area contributed by atoms with Gasteiger partial charge in [0.25, 0.3) is 0 Å². The van der Waals surface area contributed by atoms with Gasteiger partial charge in [0.1, 0.15) is 5.75 Å². The topological polar surface area (TPSA) is 26.3 Å². The van der Waals surface area contributed by atoms with Gasteiger partial charge in [-0.05, 0) is 45.2 Å². The predicted octanol–water partition coefficient (Wildman–Crippen LogP) is 3.13. The smallest absolute Gasteiger partial charge is 0.163 e. The van der Waals surface area contributed by atoms with Crippen LogP contribution in [-0.4, -0.2) is 11.9 Å². The molecule has 0 atom stereocenters. The van der Waals surface area contributed by atoms with Crippen LogP contribution in [0.25, 0.3) is 0 Å². The van der Waals surface area contributed by atoms with E-state index < -0.39 is 0 Å². The van der Waals surface area contributed by atoms with Crippen molar-refractivity contribution in [1.82, 2.24) is 0 Å². The molecule has 1 saturated carbocycles. The van der Waals surface area contributed by atoms with Crippen LogP contribution in [0.3, 0.4) is 0 Å². The minimum atomic E-state index is 0.0769. The first-order valence-electron chi connectivity index (χ1n) is 5.45. The first kappa shape index (κ1) is 10.2. The summed E-state index contributed by atoms with van der Waals surface area (Å²) >= 11 is 0. The van der Waals surface area contributed by atoms with Gasteiger partial charge in [0, 0.05) is 0 Å². The van der Waals surface area contributed by atoms with E-state index in [4.69, 9.17) is 4.74 Å². The van der Waals surface area contributed by atoms with E-state index in [1.165, 1.54) is 6.42 Å². The molecule has 1 aromatic carbocycles. The van der Waals surface area contributed by atoms with Crippen molar-refractivity contribution in [1.29, 1.82) is 0 Å². The van der Waals surface area contributed by atoms with Crippen LogP contribution in [0.2, 0.25) is 0 Å². The maximum atomic E-state index is 11.4. The number of ketones is 1. The number of hydrogen-bond acceptors (Lipinski definition) is 2. The van der Waals surface area contributed by atoms with E-state index in [-0.39, 0.29) is 5.78 Å². The zero-order chi connectivity index (χ0) is 10.8. The molecule has 1 aliphatic carbocycles. The van der Waals surface area contributed by atoms with E-state index in [9.17, 15) is 4.79 Å². The molecule has 0 unspecified atom stereocenters. The Morgan fingerprint density at radius 3 is 2.67 bits per heavy atom. The summed E-state index contributed by atoms with van der Waals surface area (Å²) in [5.41, 5.74) is 1.81. The van der Waals surface area contributed by atoms with Crippen LogP contribution in [0.5, 0.6) is 5.75 Å². The molecule has 0 radical (unpaired) electrons. The molecule has 0 saturated heterocycles. The fourth-order valence-electron chi connectivity index (χ4n) is 1.69. The fourth-order valence-corrected chi connectivity index (χ4v) is 1.69. The van der Waals surface area contributed by atoms with Crippen molar-refractivity contribution in [3.63, 3.8) is 0 Å². The van der Waals surface area contributed by atoms with Crippen LogP contribution in [0.4, 0.5) is 0 Å². The Morgan fingerprint density at radius 1 is 1.40 bits per heavy atom. The molecule has 2 nitrogen and oxygen atoms in total. The van der Waals surface area contributed by atoms with Gasteiger partial charge >= 0.3 is 0 Å². The summed E-state index contributed by atoms with van der Waals surface area (Å²) in [5.74, 6) is 0.825. The average molecular weight is 204 g/mol. The molecule has 80 valence electrons. The van der Waals surface area contributed by atoms with Crippen molar-refractivity contribution in [2.75, 3.05) is 0 Å². The van der Waals surface area contributed by atoms with E-state index in [1.807, 2.05) is 25.1 Å². The maximum Gasteiger partial charge on any atom is 0.163 e. The third-order valence-electron chi connectivity index (χ3n) is 2.86. The Hall–Kier alpha value is -1.31. The largest absolute Gasteiger partial charge is 0.490 e. The quantitative estimate of drug-likeness (QED) is 0.707. The second-order valence-electron chi connectivity index (χ2n) is 4.23. The van der Waals surface area contributed by atoms with E-state index in [0.717, 1.165) is 24.2 Å². The van der Waals surface area contributed by atoms with Crippen LogP contribution in [0.1, 0.15) is 42.1 Å². The zero-order valence-corrected chi connectivity index (χ0v) is 9.25. The summed E-state index contributed by atoms with van der Waals surface area (Å²) in [6.45, 7) is 3.57. The lowest BCUT2D eigenvalue weighted by Gasteiger charge is -2.27. The lowest BCUT2D eigenvalue weighted by molar-refractivity contribution is 0.0983. The molecule has 0 N–H and O–H groups in total. The minimum Gasteiger partial charge on any atom is -0.490 e. The maximum absolute atomic E-state index is 11.4. The van der Waals surface area contributed by atoms with Gasteiger partial charge in [0.05, 0.1) is 11.7 Å². The van der Waals surface area contributed by atoms with Crippen molar-refractivity contribution in [3.05, 3.63) is 29.3 Å². The highest BCUT2D eigenvalue weighted by molar-refractivity contribution is 5.97. The zero-order valence-electron chi connectivity index (χ0n) is 9.25. The first-order chi connectivity index (χ1) is 7.16. The molecule has 0 amide bonds. The van der Waals surface area contributed by atoms with E-state index in [1.54, 1.807) is 6.92 Å². The first-order valence-corrected chi connectivity index (χ1v) is 5.45. The molecule has 1 aromatic rings. The standard InChI is InChI=1S/C13H16O2/c1-9-6-7-13(12(8-9)10(2)14)15-11-4-3-5-11/h6-8,11H,3-5H2,1-2H3. The number of Topliss-reactive ketones (excluding diaryl/α,β-unsaturated/α-hetero) is 1. The summed E-state index contributed by atoms with van der Waals surface area (Å²) in [6, 6.07) is 5.79. The Bertz CT molecular complexity index is 378. The average Bonchev–Trinajstić information content (AvgIpc) is 2.12. The minimum absolute atomic E-state index is 0.0769. The van der Waals surface area contributed by atoms with Crippen molar-refractivity contribution < 1.29 is 9.53 Å². The molecule has 15 heavy (non-hydrogen) atoms. The Kier molecular flexibility index (Phi) is 2.76. The number of aryl methyl sites for hydroxylation is 1. The molecule has 2 heteroatoms. The number of rotatable bonds is 3. The molecule has 0 spiro atoms. The third-order valence-corrected chi connectivity index (χ3v) is 2.86. The Morgan fingerprint density at radius 2 is 2.13 bits per heavy atom. The number of carbonyl (C=O) groups is 1. The van der Waals surface area contributed by atoms with Gasteiger partial charge in [-0.3, -0.25) is 4.79 Å². The van der Waals surface area contributed by atoms with Crippen molar-refractivity contribution in [3.8, 4) is 5.75 Å². The van der Waals surface area contributed by atoms with Crippen molar-refractivity contribution in [2.24, 2.45) is 0 Å². The molecule has 0 bridgehead atoms. The SMILES string of the molecule is CC(=O)c1cc(C)ccc1OC1CCC1. The molecule has 0 aromatic heterocycles. The summed E-state index contributed by atoms with van der Waals surface area (Å²) in [4.78, 5) is 11.4. The van der Waals surface area contributed by atoms with Gasteiger partial charge in [-0.1, -0.05) is 11.6 Å². The third kappa shape index (κ3) is 2.20. The van der Waals surface area contributed by atoms with E-state index >= 15 is 0 Å². The van der Waals surface area contributed by atoms with Crippen LogP contribution >= 0.6 is 0 Å². The highest BCUT2D eigenvalue weighted by Gasteiger charge is 2.21. The normalized spacial score (nSPS) is 15.9. The van der Waals surface area contributed by atoms with Gasteiger partial charge in [-0.25, -0.2) is 0 Å². The van der Waals surface area contributed by atoms with E-state index in [2.05, 4.69) is 0 Å². The highest BCUT2D eigenvalue weighted by Crippen LogP contribution is 2.28. The second-order valence-corrected chi connectivity index (χ2v) is 4.23. The molecule has 2 rings (SSSR count). The van der Waals surface area contributed by atoms with Crippen LogP contribution < -0.4 is 4.74 Å². The lowest BCUT2D eigenvalue weighted by atomic mass is 9.96. The van der Waals surface area contributed by atoms with Crippen molar-refractivity contribution in [2.45, 2.75) is 39.2 Å². The molecule has 0 aliphatic heterocycles. The van der Waals surface area contributed by atoms with Crippen LogP contribution in [-0.2, 0) is 0 Å². The predicted molar refractivity (Wildman–Crippen MR) is 59.5 cm³/mol. The summed E-state index contributed by atoms with van der Waals surface area (Å²) < 4.78 is 5.78. The number of carbonyl (C=O) groups excluding carboxylic acids is 1. The van der Waals surface area contributed by atoms with Crippen LogP contribution in [0.15, 0.2) is 18.2 Å². The fraction of sp³-hybridized carbons (Fsp3) is 0.462. The van der Waals surface area contributed by atoms with Gasteiger partial charge in [0.2, 0.25) is 0 Å². The number of ether oxygens (including phenoxy) is 1. The van der Waals surface area contributed by atoms with Gasteiger partial charge < -0.3 is 4.74 Å². The van der Waals surface area contributed by atoms with Crippen molar-refractivity contribution >= 4 is 5.78 Å². The summed E-state index contributed by atoms with van der Waals surface area (Å²) in [7, 11) is 0. The molecule has 1 fully saturated rings. The van der Waals surface area contributed by atoms with Crippen LogP contribution in [0, 0.1) is 6.92 Å². The second kappa shape index (κ2) is 4.05. The monoisotopic (exact) mass is 204 g/mol. The van der Waals surface area contributed by atoms with Gasteiger partial charge in [-0.15, -0.1) is 0 Å².